The van der Waals surface area contributed by atoms with Crippen molar-refractivity contribution in [3.63, 3.8) is 0 Å². The molecule has 0 bridgehead atoms. The first-order valence-electron chi connectivity index (χ1n) is 8.06. The Morgan fingerprint density at radius 3 is 2.67 bits per heavy atom. The second kappa shape index (κ2) is 8.39. The maximum absolute atomic E-state index is 12.3. The second-order valence-electron chi connectivity index (χ2n) is 6.11. The van der Waals surface area contributed by atoms with E-state index in [9.17, 15) is 13.6 Å². The number of carbonyl (C=O) groups excluding carboxylic acids is 1. The predicted molar refractivity (Wildman–Crippen MR) is 86.1 cm³/mol. The van der Waals surface area contributed by atoms with E-state index in [1.54, 1.807) is 23.1 Å². The molecule has 1 aromatic rings. The highest BCUT2D eigenvalue weighted by molar-refractivity contribution is 5.78. The maximum Gasteiger partial charge on any atom is 0.387 e. The van der Waals surface area contributed by atoms with Crippen molar-refractivity contribution in [3.05, 3.63) is 29.8 Å². The first-order valence-corrected chi connectivity index (χ1v) is 8.06. The van der Waals surface area contributed by atoms with E-state index in [-0.39, 0.29) is 36.5 Å². The van der Waals surface area contributed by atoms with Crippen molar-refractivity contribution in [2.24, 2.45) is 0 Å². The highest BCUT2D eigenvalue weighted by atomic mass is 19.3. The van der Waals surface area contributed by atoms with Crippen LogP contribution < -0.4 is 10.1 Å². The van der Waals surface area contributed by atoms with Crippen LogP contribution in [0, 0.1) is 0 Å². The molecule has 0 aliphatic carbocycles. The molecular weight excluding hydrogens is 318 g/mol. The monoisotopic (exact) mass is 342 g/mol. The Morgan fingerprint density at radius 1 is 1.38 bits per heavy atom. The van der Waals surface area contributed by atoms with Crippen LogP contribution in [0.4, 0.5) is 8.78 Å². The van der Waals surface area contributed by atoms with Gasteiger partial charge in [0.2, 0.25) is 5.91 Å². The van der Waals surface area contributed by atoms with Crippen LogP contribution in [0.25, 0.3) is 0 Å². The summed E-state index contributed by atoms with van der Waals surface area (Å²) in [6, 6.07) is 6.32. The number of rotatable bonds is 6. The Balaban J connectivity index is 1.88. The van der Waals surface area contributed by atoms with Crippen molar-refractivity contribution < 1.29 is 23.0 Å². The van der Waals surface area contributed by atoms with Gasteiger partial charge in [-0.15, -0.1) is 0 Å². The van der Waals surface area contributed by atoms with Crippen LogP contribution in [0.1, 0.15) is 32.4 Å². The zero-order chi connectivity index (χ0) is 17.7. The zero-order valence-electron chi connectivity index (χ0n) is 14.2. The third-order valence-corrected chi connectivity index (χ3v) is 3.92. The third kappa shape index (κ3) is 5.42. The fraction of sp³-hybridized carbons (Fsp3) is 0.588. The minimum Gasteiger partial charge on any atom is -0.435 e. The lowest BCUT2D eigenvalue weighted by atomic mass is 10.1. The Hall–Kier alpha value is -1.73. The molecular formula is C17H24F2N2O3. The standard InChI is InChI=1S/C17H24F2N2O3/c1-11-9-21(10-12(2)23-11)16(22)8-20-13(3)14-5-4-6-15(7-14)24-17(18)19/h4-7,11-13,17,20H,8-10H2,1-3H3/t11-,12-,13+/m1/s1. The van der Waals surface area contributed by atoms with Crippen molar-refractivity contribution in [2.45, 2.75) is 45.6 Å². The fourth-order valence-electron chi connectivity index (χ4n) is 2.81. The lowest BCUT2D eigenvalue weighted by Gasteiger charge is -2.35. The molecule has 134 valence electrons. The van der Waals surface area contributed by atoms with Gasteiger partial charge in [0, 0.05) is 19.1 Å². The van der Waals surface area contributed by atoms with Crippen LogP contribution in [0.2, 0.25) is 0 Å². The summed E-state index contributed by atoms with van der Waals surface area (Å²) in [7, 11) is 0. The molecule has 1 saturated heterocycles. The van der Waals surface area contributed by atoms with Gasteiger partial charge < -0.3 is 19.7 Å². The van der Waals surface area contributed by atoms with Crippen LogP contribution in [0.3, 0.4) is 0 Å². The van der Waals surface area contributed by atoms with Gasteiger partial charge in [0.15, 0.2) is 0 Å². The summed E-state index contributed by atoms with van der Waals surface area (Å²) in [4.78, 5) is 14.1. The number of alkyl halides is 2. The molecule has 0 radical (unpaired) electrons. The lowest BCUT2D eigenvalue weighted by Crippen LogP contribution is -2.50. The van der Waals surface area contributed by atoms with Gasteiger partial charge >= 0.3 is 6.61 Å². The molecule has 7 heteroatoms. The van der Waals surface area contributed by atoms with Gasteiger partial charge in [-0.25, -0.2) is 0 Å². The Kier molecular flexibility index (Phi) is 6.51. The molecule has 0 unspecified atom stereocenters. The molecule has 0 saturated carbocycles. The van der Waals surface area contributed by atoms with Gasteiger partial charge in [0.25, 0.3) is 0 Å². The minimum atomic E-state index is -2.85. The predicted octanol–water partition coefficient (Wildman–Crippen LogP) is 2.57. The number of hydrogen-bond donors (Lipinski definition) is 1. The van der Waals surface area contributed by atoms with Gasteiger partial charge in [-0.1, -0.05) is 12.1 Å². The van der Waals surface area contributed by atoms with E-state index < -0.39 is 6.61 Å². The first kappa shape index (κ1) is 18.6. The van der Waals surface area contributed by atoms with Crippen LogP contribution >= 0.6 is 0 Å². The maximum atomic E-state index is 12.3. The number of nitrogens with one attached hydrogen (secondary N) is 1. The lowest BCUT2D eigenvalue weighted by molar-refractivity contribution is -0.142. The average molecular weight is 342 g/mol. The summed E-state index contributed by atoms with van der Waals surface area (Å²) >= 11 is 0. The average Bonchev–Trinajstić information content (AvgIpc) is 2.51. The number of carbonyl (C=O) groups is 1. The minimum absolute atomic E-state index is 0.00355. The van der Waals surface area contributed by atoms with Crippen molar-refractivity contribution >= 4 is 5.91 Å². The number of hydrogen-bond acceptors (Lipinski definition) is 4. The zero-order valence-corrected chi connectivity index (χ0v) is 14.2. The molecule has 2 rings (SSSR count). The van der Waals surface area contributed by atoms with Crippen molar-refractivity contribution in [1.82, 2.24) is 10.2 Å². The summed E-state index contributed by atoms with van der Waals surface area (Å²) in [6.45, 7) is 4.25. The largest absolute Gasteiger partial charge is 0.435 e. The summed E-state index contributed by atoms with van der Waals surface area (Å²) < 4.78 is 34.6. The second-order valence-corrected chi connectivity index (χ2v) is 6.11. The van der Waals surface area contributed by atoms with E-state index in [0.717, 1.165) is 5.56 Å². The van der Waals surface area contributed by atoms with E-state index >= 15 is 0 Å². The van der Waals surface area contributed by atoms with Crippen molar-refractivity contribution in [1.29, 1.82) is 0 Å². The number of ether oxygens (including phenoxy) is 2. The van der Waals surface area contributed by atoms with Gasteiger partial charge in [0.1, 0.15) is 5.75 Å². The topological polar surface area (TPSA) is 50.8 Å². The van der Waals surface area contributed by atoms with Crippen molar-refractivity contribution in [2.75, 3.05) is 19.6 Å². The number of benzene rings is 1. The van der Waals surface area contributed by atoms with E-state index in [1.165, 1.54) is 6.07 Å². The van der Waals surface area contributed by atoms with Crippen LogP contribution in [-0.2, 0) is 9.53 Å². The van der Waals surface area contributed by atoms with E-state index in [2.05, 4.69) is 10.1 Å². The SMILES string of the molecule is C[C@@H]1CN(C(=O)CN[C@@H](C)c2cccc(OC(F)F)c2)C[C@@H](C)O1. The number of morpholine rings is 1. The van der Waals surface area contributed by atoms with E-state index in [1.807, 2.05) is 20.8 Å². The van der Waals surface area contributed by atoms with E-state index in [4.69, 9.17) is 4.74 Å². The van der Waals surface area contributed by atoms with Crippen LogP contribution in [-0.4, -0.2) is 49.3 Å². The highest BCUT2D eigenvalue weighted by Gasteiger charge is 2.25. The fourth-order valence-corrected chi connectivity index (χ4v) is 2.81. The van der Waals surface area contributed by atoms with Gasteiger partial charge in [-0.2, -0.15) is 8.78 Å². The molecule has 1 aliphatic heterocycles. The Morgan fingerprint density at radius 2 is 2.04 bits per heavy atom. The third-order valence-electron chi connectivity index (χ3n) is 3.92. The molecule has 1 amide bonds. The molecule has 3 atom stereocenters. The van der Waals surface area contributed by atoms with Gasteiger partial charge in [-0.05, 0) is 38.5 Å². The summed E-state index contributed by atoms with van der Waals surface area (Å²) in [5.41, 5.74) is 0.782. The quantitative estimate of drug-likeness (QED) is 0.863. The van der Waals surface area contributed by atoms with Gasteiger partial charge in [0.05, 0.1) is 18.8 Å². The molecule has 1 N–H and O–H groups in total. The molecule has 5 nitrogen and oxygen atoms in total. The summed E-state index contributed by atoms with van der Waals surface area (Å²) in [5, 5.41) is 3.13. The molecule has 1 aromatic carbocycles. The molecule has 1 fully saturated rings. The van der Waals surface area contributed by atoms with E-state index in [0.29, 0.717) is 13.1 Å². The Bertz CT molecular complexity index is 546. The summed E-state index contributed by atoms with van der Waals surface area (Å²) in [5.74, 6) is 0.113. The Labute approximate surface area is 140 Å². The molecule has 1 aliphatic rings. The van der Waals surface area contributed by atoms with Gasteiger partial charge in [-0.3, -0.25) is 4.79 Å². The molecule has 0 aromatic heterocycles. The van der Waals surface area contributed by atoms with Crippen LogP contribution in [0.15, 0.2) is 24.3 Å². The van der Waals surface area contributed by atoms with Crippen LogP contribution in [0.5, 0.6) is 5.75 Å². The molecule has 1 heterocycles. The highest BCUT2D eigenvalue weighted by Crippen LogP contribution is 2.20. The normalized spacial score (nSPS) is 22.5. The molecule has 24 heavy (non-hydrogen) atoms. The smallest absolute Gasteiger partial charge is 0.387 e. The first-order chi connectivity index (χ1) is 11.3. The molecule has 0 spiro atoms. The number of halogens is 2. The number of nitrogens with zero attached hydrogens (tertiary/aromatic N) is 1. The summed E-state index contributed by atoms with van der Waals surface area (Å²) in [6.07, 6.45) is 0.0524. The van der Waals surface area contributed by atoms with Crippen molar-refractivity contribution in [3.8, 4) is 5.75 Å². The number of amides is 1.